The number of hydrogen-bond donors (Lipinski definition) is 1. The van der Waals surface area contributed by atoms with Gasteiger partial charge in [-0.25, -0.2) is 0 Å². The van der Waals surface area contributed by atoms with Crippen molar-refractivity contribution in [2.45, 2.75) is 20.4 Å². The molecule has 4 heteroatoms. The van der Waals surface area contributed by atoms with Gasteiger partial charge in [0.2, 0.25) is 0 Å². The predicted molar refractivity (Wildman–Crippen MR) is 87.8 cm³/mol. The molecular weight excluding hydrogens is 338 g/mol. The number of nitrogens with one attached hydrogen (secondary N) is 1. The molecule has 1 N–H and O–H groups in total. The van der Waals surface area contributed by atoms with E-state index in [1.165, 1.54) is 5.56 Å². The lowest BCUT2D eigenvalue weighted by Gasteiger charge is -2.13. The fourth-order valence-electron chi connectivity index (χ4n) is 1.84. The average Bonchev–Trinajstić information content (AvgIpc) is 2.41. The highest BCUT2D eigenvalue weighted by Gasteiger charge is 2.08. The zero-order valence-corrected chi connectivity index (χ0v) is 13.9. The number of aryl methyl sites for hydroxylation is 1. The molecule has 0 saturated heterocycles. The molecule has 0 bridgehead atoms. The van der Waals surface area contributed by atoms with Gasteiger partial charge in [0.1, 0.15) is 11.5 Å². The van der Waals surface area contributed by atoms with Crippen LogP contribution in [0.5, 0.6) is 11.5 Å². The third-order valence-electron chi connectivity index (χ3n) is 2.90. The first-order chi connectivity index (χ1) is 9.60. The number of halogens is 2. The van der Waals surface area contributed by atoms with Crippen molar-refractivity contribution in [1.82, 2.24) is 5.32 Å². The van der Waals surface area contributed by atoms with E-state index < -0.39 is 0 Å². The first-order valence-electron chi connectivity index (χ1n) is 6.53. The second-order valence-electron chi connectivity index (χ2n) is 4.57. The van der Waals surface area contributed by atoms with E-state index >= 15 is 0 Å². The summed E-state index contributed by atoms with van der Waals surface area (Å²) in [6, 6.07) is 11.7. The Hall–Kier alpha value is -1.03. The van der Waals surface area contributed by atoms with Gasteiger partial charge in [-0.1, -0.05) is 30.7 Å². The maximum absolute atomic E-state index is 6.07. The third-order valence-corrected chi connectivity index (χ3v) is 3.76. The number of hydrogen-bond acceptors (Lipinski definition) is 2. The van der Waals surface area contributed by atoms with Gasteiger partial charge >= 0.3 is 0 Å². The van der Waals surface area contributed by atoms with Crippen LogP contribution in [-0.4, -0.2) is 6.54 Å². The van der Waals surface area contributed by atoms with Gasteiger partial charge in [-0.15, -0.1) is 0 Å². The number of benzene rings is 2. The van der Waals surface area contributed by atoms with Crippen LogP contribution in [0.25, 0.3) is 0 Å². The molecule has 0 amide bonds. The van der Waals surface area contributed by atoms with Gasteiger partial charge in [-0.05, 0) is 59.2 Å². The quantitative estimate of drug-likeness (QED) is 0.785. The van der Waals surface area contributed by atoms with Crippen LogP contribution in [0.1, 0.15) is 18.1 Å². The second-order valence-corrected chi connectivity index (χ2v) is 5.86. The molecule has 0 saturated carbocycles. The van der Waals surface area contributed by atoms with Crippen molar-refractivity contribution in [1.29, 1.82) is 0 Å². The molecule has 0 aliphatic rings. The minimum atomic E-state index is 0.670. The monoisotopic (exact) mass is 353 g/mol. The highest BCUT2D eigenvalue weighted by atomic mass is 79.9. The Balaban J connectivity index is 2.29. The summed E-state index contributed by atoms with van der Waals surface area (Å²) in [5, 5.41) is 3.97. The van der Waals surface area contributed by atoms with E-state index in [2.05, 4.69) is 28.2 Å². The van der Waals surface area contributed by atoms with Crippen molar-refractivity contribution in [3.63, 3.8) is 0 Å². The zero-order chi connectivity index (χ0) is 14.5. The molecule has 0 aromatic heterocycles. The molecule has 0 radical (unpaired) electrons. The molecule has 0 fully saturated rings. The molecule has 0 unspecified atom stereocenters. The largest absolute Gasteiger partial charge is 0.456 e. The van der Waals surface area contributed by atoms with Crippen molar-refractivity contribution < 1.29 is 4.74 Å². The first-order valence-corrected chi connectivity index (χ1v) is 7.70. The van der Waals surface area contributed by atoms with E-state index in [0.717, 1.165) is 34.6 Å². The van der Waals surface area contributed by atoms with E-state index in [0.29, 0.717) is 5.02 Å². The molecule has 0 aliphatic carbocycles. The zero-order valence-electron chi connectivity index (χ0n) is 11.5. The Labute approximate surface area is 133 Å². The summed E-state index contributed by atoms with van der Waals surface area (Å²) in [5.74, 6) is 1.57. The maximum Gasteiger partial charge on any atom is 0.141 e. The molecule has 106 valence electrons. The lowest BCUT2D eigenvalue weighted by atomic mass is 10.2. The molecule has 20 heavy (non-hydrogen) atoms. The summed E-state index contributed by atoms with van der Waals surface area (Å²) in [6.45, 7) is 5.79. The van der Waals surface area contributed by atoms with Gasteiger partial charge < -0.3 is 10.1 Å². The SMILES string of the molecule is CCNCc1ccc(Cl)cc1Oc1ccc(C)cc1Br. The van der Waals surface area contributed by atoms with Gasteiger partial charge in [0, 0.05) is 17.1 Å². The van der Waals surface area contributed by atoms with Gasteiger partial charge in [-0.2, -0.15) is 0 Å². The van der Waals surface area contributed by atoms with Crippen LogP contribution in [0.15, 0.2) is 40.9 Å². The van der Waals surface area contributed by atoms with Crippen LogP contribution in [0.2, 0.25) is 5.02 Å². The fourth-order valence-corrected chi connectivity index (χ4v) is 2.57. The second kappa shape index (κ2) is 7.11. The van der Waals surface area contributed by atoms with Crippen LogP contribution in [0.3, 0.4) is 0 Å². The smallest absolute Gasteiger partial charge is 0.141 e. The Morgan fingerprint density at radius 3 is 2.65 bits per heavy atom. The molecule has 0 spiro atoms. The topological polar surface area (TPSA) is 21.3 Å². The summed E-state index contributed by atoms with van der Waals surface area (Å²) in [7, 11) is 0. The minimum Gasteiger partial charge on any atom is -0.456 e. The van der Waals surface area contributed by atoms with E-state index in [4.69, 9.17) is 16.3 Å². The lowest BCUT2D eigenvalue weighted by molar-refractivity contribution is 0.470. The Morgan fingerprint density at radius 1 is 1.15 bits per heavy atom. The van der Waals surface area contributed by atoms with Crippen molar-refractivity contribution in [2.75, 3.05) is 6.54 Å². The standard InChI is InChI=1S/C16H17BrClNO/c1-3-19-10-12-5-6-13(18)9-16(12)20-15-7-4-11(2)8-14(15)17/h4-9,19H,3,10H2,1-2H3. The van der Waals surface area contributed by atoms with Crippen LogP contribution in [0.4, 0.5) is 0 Å². The molecule has 2 aromatic rings. The number of rotatable bonds is 5. The lowest BCUT2D eigenvalue weighted by Crippen LogP contribution is -2.12. The third kappa shape index (κ3) is 3.98. The highest BCUT2D eigenvalue weighted by Crippen LogP contribution is 2.33. The molecule has 2 rings (SSSR count). The van der Waals surface area contributed by atoms with Gasteiger partial charge in [0.15, 0.2) is 0 Å². The summed E-state index contributed by atoms with van der Waals surface area (Å²) >= 11 is 9.60. The van der Waals surface area contributed by atoms with Crippen LogP contribution in [-0.2, 0) is 6.54 Å². The van der Waals surface area contributed by atoms with Crippen molar-refractivity contribution >= 4 is 27.5 Å². The Kier molecular flexibility index (Phi) is 5.46. The average molecular weight is 355 g/mol. The van der Waals surface area contributed by atoms with Crippen LogP contribution >= 0.6 is 27.5 Å². The molecule has 0 atom stereocenters. The van der Waals surface area contributed by atoms with Crippen LogP contribution < -0.4 is 10.1 Å². The Morgan fingerprint density at radius 2 is 1.95 bits per heavy atom. The van der Waals surface area contributed by atoms with E-state index in [1.807, 2.05) is 43.3 Å². The van der Waals surface area contributed by atoms with E-state index in [1.54, 1.807) is 0 Å². The molecule has 0 aliphatic heterocycles. The summed E-state index contributed by atoms with van der Waals surface area (Å²) < 4.78 is 6.94. The normalized spacial score (nSPS) is 10.6. The van der Waals surface area contributed by atoms with Crippen LogP contribution in [0, 0.1) is 6.92 Å². The van der Waals surface area contributed by atoms with Gasteiger partial charge in [-0.3, -0.25) is 0 Å². The van der Waals surface area contributed by atoms with Crippen molar-refractivity contribution in [2.24, 2.45) is 0 Å². The van der Waals surface area contributed by atoms with E-state index in [9.17, 15) is 0 Å². The predicted octanol–water partition coefficient (Wildman–Crippen LogP) is 5.31. The Bertz CT molecular complexity index is 601. The number of ether oxygens (including phenoxy) is 1. The maximum atomic E-state index is 6.07. The summed E-state index contributed by atoms with van der Waals surface area (Å²) in [6.07, 6.45) is 0. The van der Waals surface area contributed by atoms with E-state index in [-0.39, 0.29) is 0 Å². The minimum absolute atomic E-state index is 0.670. The summed E-state index contributed by atoms with van der Waals surface area (Å²) in [4.78, 5) is 0. The molecule has 2 nitrogen and oxygen atoms in total. The van der Waals surface area contributed by atoms with Crippen molar-refractivity contribution in [3.05, 3.63) is 57.0 Å². The highest BCUT2D eigenvalue weighted by molar-refractivity contribution is 9.10. The molecule has 0 heterocycles. The fraction of sp³-hybridized carbons (Fsp3) is 0.250. The van der Waals surface area contributed by atoms with Crippen molar-refractivity contribution in [3.8, 4) is 11.5 Å². The first kappa shape index (κ1) is 15.4. The van der Waals surface area contributed by atoms with Gasteiger partial charge in [0.05, 0.1) is 4.47 Å². The molecule has 2 aromatic carbocycles. The van der Waals surface area contributed by atoms with Gasteiger partial charge in [0.25, 0.3) is 0 Å². The summed E-state index contributed by atoms with van der Waals surface area (Å²) in [5.41, 5.74) is 2.27. The molecular formula is C16H17BrClNO.